The Labute approximate surface area is 152 Å². The van der Waals surface area contributed by atoms with Crippen LogP contribution < -0.4 is 9.47 Å². The van der Waals surface area contributed by atoms with Crippen LogP contribution in [0.5, 0.6) is 11.5 Å². The maximum Gasteiger partial charge on any atom is 0.284 e. The molecule has 0 aliphatic carbocycles. The predicted octanol–water partition coefficient (Wildman–Crippen LogP) is 1.57. The van der Waals surface area contributed by atoms with Gasteiger partial charge in [-0.1, -0.05) is 0 Å². The molecule has 1 aromatic rings. The first-order chi connectivity index (χ1) is 9.01. The van der Waals surface area contributed by atoms with Crippen molar-refractivity contribution in [2.45, 2.75) is 13.3 Å². The maximum absolute atomic E-state index is 11.4. The van der Waals surface area contributed by atoms with Gasteiger partial charge in [-0.3, -0.25) is 14.9 Å². The normalized spacial score (nSPS) is 9.55. The summed E-state index contributed by atoms with van der Waals surface area (Å²) in [5, 5.41) is 19.6. The molecule has 0 aliphatic rings. The minimum absolute atomic E-state index is 0. The molecule has 1 aromatic carbocycles. The average Bonchev–Trinajstić information content (AvgIpc) is 2.38. The topological polar surface area (TPSA) is 98.9 Å². The van der Waals surface area contributed by atoms with E-state index in [1.807, 2.05) is 0 Å². The van der Waals surface area contributed by atoms with Crippen molar-refractivity contribution in [2.75, 3.05) is 20.3 Å². The molecule has 7 nitrogen and oxygen atoms in total. The van der Waals surface area contributed by atoms with E-state index in [0.717, 1.165) is 6.07 Å². The number of hydrogen-bond acceptors (Lipinski definition) is 6. The molecule has 8 heteroatoms. The molecular formula is C12H15AcNO6. The Hall–Kier alpha value is -0.708. The number of aliphatic hydroxyl groups is 1. The number of methoxy groups -OCH3 is 1. The van der Waals surface area contributed by atoms with Crippen LogP contribution in [0.15, 0.2) is 12.1 Å². The van der Waals surface area contributed by atoms with Gasteiger partial charge in [-0.2, -0.15) is 0 Å². The van der Waals surface area contributed by atoms with E-state index in [4.69, 9.17) is 14.6 Å². The molecule has 0 bridgehead atoms. The Morgan fingerprint density at radius 3 is 2.50 bits per heavy atom. The number of hydrogen-bond donors (Lipinski definition) is 1. The second-order valence-electron chi connectivity index (χ2n) is 3.76. The van der Waals surface area contributed by atoms with Crippen LogP contribution in [-0.4, -0.2) is 36.1 Å². The number of nitro benzene ring substituents is 1. The predicted molar refractivity (Wildman–Crippen MR) is 66.9 cm³/mol. The molecule has 0 amide bonds. The first kappa shape index (κ1) is 19.3. The van der Waals surface area contributed by atoms with Gasteiger partial charge in [-0.05, 0) is 6.92 Å². The SMILES string of the molecule is COc1cc(C(C)=O)c([N+](=O)[O-])cc1OCCCO.[Ac]. The summed E-state index contributed by atoms with van der Waals surface area (Å²) in [4.78, 5) is 21.7. The molecule has 0 spiro atoms. The molecule has 0 heterocycles. The molecule has 0 aromatic heterocycles. The van der Waals surface area contributed by atoms with Crippen LogP contribution in [-0.2, 0) is 0 Å². The second-order valence-corrected chi connectivity index (χ2v) is 3.76. The fraction of sp³-hybridized carbons (Fsp3) is 0.417. The second kappa shape index (κ2) is 9.27. The van der Waals surface area contributed by atoms with E-state index < -0.39 is 10.7 Å². The largest absolute Gasteiger partial charge is 0.493 e. The fourth-order valence-electron chi connectivity index (χ4n) is 1.50. The fourth-order valence-corrected chi connectivity index (χ4v) is 1.50. The van der Waals surface area contributed by atoms with Crippen LogP contribution in [0.4, 0.5) is 5.69 Å². The van der Waals surface area contributed by atoms with Crippen LogP contribution >= 0.6 is 0 Å². The van der Waals surface area contributed by atoms with Gasteiger partial charge >= 0.3 is 0 Å². The molecule has 1 N–H and O–H groups in total. The zero-order chi connectivity index (χ0) is 14.4. The Balaban J connectivity index is 0.00000361. The van der Waals surface area contributed by atoms with Gasteiger partial charge in [-0.15, -0.1) is 0 Å². The molecule has 0 aliphatic heterocycles. The van der Waals surface area contributed by atoms with Crippen LogP contribution in [0, 0.1) is 54.2 Å². The molecule has 1 rings (SSSR count). The van der Waals surface area contributed by atoms with Crippen molar-refractivity contribution >= 4 is 11.5 Å². The Morgan fingerprint density at radius 1 is 1.40 bits per heavy atom. The van der Waals surface area contributed by atoms with Crippen molar-refractivity contribution in [1.82, 2.24) is 0 Å². The maximum atomic E-state index is 11.4. The smallest absolute Gasteiger partial charge is 0.284 e. The summed E-state index contributed by atoms with van der Waals surface area (Å²) in [6, 6.07) is 2.45. The number of nitrogens with zero attached hydrogens (tertiary/aromatic N) is 1. The van der Waals surface area contributed by atoms with Crippen LogP contribution in [0.3, 0.4) is 0 Å². The summed E-state index contributed by atoms with van der Waals surface area (Å²) in [5.74, 6) is -0.00621. The zero-order valence-corrected chi connectivity index (χ0v) is 16.0. The molecule has 0 atom stereocenters. The van der Waals surface area contributed by atoms with Gasteiger partial charge in [0.05, 0.1) is 30.3 Å². The van der Waals surface area contributed by atoms with E-state index >= 15 is 0 Å². The standard InChI is InChI=1S/C12H15NO6.Ac/c1-8(15)9-6-11(18-2)12(19-5-3-4-14)7-10(9)13(16)17;/h6-7,14H,3-5H2,1-2H3;. The van der Waals surface area contributed by atoms with Crippen LogP contribution in [0.1, 0.15) is 23.7 Å². The third-order valence-corrected chi connectivity index (χ3v) is 2.42. The van der Waals surface area contributed by atoms with Gasteiger partial charge in [0.15, 0.2) is 17.3 Å². The van der Waals surface area contributed by atoms with Crippen molar-refractivity contribution in [3.05, 3.63) is 27.8 Å². The van der Waals surface area contributed by atoms with Crippen molar-refractivity contribution in [2.24, 2.45) is 0 Å². The van der Waals surface area contributed by atoms with E-state index in [0.29, 0.717) is 6.42 Å². The van der Waals surface area contributed by atoms with Gasteiger partial charge in [0.2, 0.25) is 0 Å². The Kier molecular flexibility index (Phi) is 8.94. The molecular weight excluding hydrogens is 481 g/mol. The molecule has 20 heavy (non-hydrogen) atoms. The molecule has 0 saturated heterocycles. The van der Waals surface area contributed by atoms with E-state index in [1.54, 1.807) is 0 Å². The molecule has 0 fully saturated rings. The first-order valence-corrected chi connectivity index (χ1v) is 5.62. The van der Waals surface area contributed by atoms with Crippen LogP contribution in [0.2, 0.25) is 0 Å². The van der Waals surface area contributed by atoms with E-state index in [-0.39, 0.29) is 80.0 Å². The Morgan fingerprint density at radius 2 is 2.05 bits per heavy atom. The van der Waals surface area contributed by atoms with Gasteiger partial charge in [0.1, 0.15) is 0 Å². The summed E-state index contributed by atoms with van der Waals surface area (Å²) >= 11 is 0. The minimum Gasteiger partial charge on any atom is -0.493 e. The van der Waals surface area contributed by atoms with E-state index in [9.17, 15) is 14.9 Å². The molecule has 0 unspecified atom stereocenters. The number of ketones is 1. The number of benzene rings is 1. The number of carbonyl (C=O) groups is 1. The minimum atomic E-state index is -0.644. The van der Waals surface area contributed by atoms with Gasteiger partial charge in [0.25, 0.3) is 5.69 Å². The number of ether oxygens (including phenoxy) is 2. The van der Waals surface area contributed by atoms with Gasteiger partial charge in [0, 0.05) is 63.2 Å². The van der Waals surface area contributed by atoms with Crippen molar-refractivity contribution in [3.8, 4) is 11.5 Å². The van der Waals surface area contributed by atoms with Crippen molar-refractivity contribution < 1.29 is 68.4 Å². The first-order valence-electron chi connectivity index (χ1n) is 5.62. The number of nitro groups is 1. The molecule has 107 valence electrons. The number of Topliss-reactive ketones (excluding diaryl/α,β-unsaturated/α-hetero) is 1. The van der Waals surface area contributed by atoms with E-state index in [1.165, 1.54) is 20.1 Å². The third kappa shape index (κ3) is 5.00. The van der Waals surface area contributed by atoms with Gasteiger partial charge < -0.3 is 14.6 Å². The summed E-state index contributed by atoms with van der Waals surface area (Å²) in [7, 11) is 1.38. The number of carbonyl (C=O) groups excluding carboxylic acids is 1. The summed E-state index contributed by atoms with van der Waals surface area (Å²) < 4.78 is 10.3. The monoisotopic (exact) mass is 496 g/mol. The summed E-state index contributed by atoms with van der Waals surface area (Å²) in [6.07, 6.45) is 0.394. The van der Waals surface area contributed by atoms with Crippen molar-refractivity contribution in [1.29, 1.82) is 0 Å². The van der Waals surface area contributed by atoms with Crippen LogP contribution in [0.25, 0.3) is 0 Å². The number of rotatable bonds is 7. The summed E-state index contributed by atoms with van der Waals surface area (Å²) in [6.45, 7) is 1.40. The van der Waals surface area contributed by atoms with Crippen molar-refractivity contribution in [3.63, 3.8) is 0 Å². The molecule has 1 radical (unpaired) electrons. The average molecular weight is 496 g/mol. The molecule has 0 saturated carbocycles. The third-order valence-electron chi connectivity index (χ3n) is 2.42. The quantitative estimate of drug-likeness (QED) is 0.267. The zero-order valence-electron chi connectivity index (χ0n) is 11.3. The number of aliphatic hydroxyl groups excluding tert-OH is 1. The van der Waals surface area contributed by atoms with Gasteiger partial charge in [-0.25, -0.2) is 0 Å². The summed E-state index contributed by atoms with van der Waals surface area (Å²) in [5.41, 5.74) is -0.358. The van der Waals surface area contributed by atoms with E-state index in [2.05, 4.69) is 0 Å². The Bertz CT molecular complexity index is 491.